The van der Waals surface area contributed by atoms with Crippen molar-refractivity contribution in [1.29, 1.82) is 0 Å². The van der Waals surface area contributed by atoms with Crippen molar-refractivity contribution in [2.45, 2.75) is 6.92 Å². The van der Waals surface area contributed by atoms with Crippen LogP contribution < -0.4 is 10.1 Å². The maximum atomic E-state index is 13.9. The molecule has 112 valence electrons. The highest BCUT2D eigenvalue weighted by Gasteiger charge is 2.12. The average molecular weight is 300 g/mol. The molecular formula is C15H13FN4O2. The number of amides is 1. The molecule has 0 aliphatic heterocycles. The van der Waals surface area contributed by atoms with Gasteiger partial charge in [0.2, 0.25) is 5.91 Å². The Balaban J connectivity index is 2.18. The molecule has 7 heteroatoms. The van der Waals surface area contributed by atoms with Crippen LogP contribution in [-0.2, 0) is 4.79 Å². The second-order valence-corrected chi connectivity index (χ2v) is 4.66. The topological polar surface area (TPSA) is 68.5 Å². The van der Waals surface area contributed by atoms with Gasteiger partial charge in [-0.2, -0.15) is 5.10 Å². The number of hydrogen-bond acceptors (Lipinski definition) is 4. The zero-order valence-electron chi connectivity index (χ0n) is 12.0. The van der Waals surface area contributed by atoms with E-state index in [0.717, 1.165) is 0 Å². The number of fused-ring (bicyclic) bond motifs is 1. The summed E-state index contributed by atoms with van der Waals surface area (Å²) in [5, 5.41) is 6.80. The van der Waals surface area contributed by atoms with E-state index in [2.05, 4.69) is 15.4 Å². The summed E-state index contributed by atoms with van der Waals surface area (Å²) in [7, 11) is 1.41. The lowest BCUT2D eigenvalue weighted by molar-refractivity contribution is -0.114. The first-order valence-electron chi connectivity index (χ1n) is 6.55. The van der Waals surface area contributed by atoms with E-state index in [9.17, 15) is 9.18 Å². The van der Waals surface area contributed by atoms with Crippen molar-refractivity contribution < 1.29 is 13.9 Å². The summed E-state index contributed by atoms with van der Waals surface area (Å²) in [6, 6.07) is 7.96. The molecule has 0 saturated carbocycles. The fourth-order valence-corrected chi connectivity index (χ4v) is 2.19. The van der Waals surface area contributed by atoms with Crippen LogP contribution in [0, 0.1) is 5.82 Å². The maximum absolute atomic E-state index is 13.9. The zero-order valence-corrected chi connectivity index (χ0v) is 12.0. The number of aromatic nitrogens is 3. The minimum absolute atomic E-state index is 0.164. The van der Waals surface area contributed by atoms with Crippen LogP contribution in [0.15, 0.2) is 36.5 Å². The molecule has 0 saturated heterocycles. The molecule has 1 aromatic carbocycles. The number of nitrogens with one attached hydrogen (secondary N) is 1. The van der Waals surface area contributed by atoms with Gasteiger partial charge in [-0.3, -0.25) is 4.79 Å². The van der Waals surface area contributed by atoms with Gasteiger partial charge >= 0.3 is 0 Å². The summed E-state index contributed by atoms with van der Waals surface area (Å²) in [5.41, 5.74) is 1.76. The van der Waals surface area contributed by atoms with Crippen LogP contribution in [0.25, 0.3) is 16.9 Å². The summed E-state index contributed by atoms with van der Waals surface area (Å²) in [4.78, 5) is 15.5. The van der Waals surface area contributed by atoms with Crippen molar-refractivity contribution in [3.63, 3.8) is 0 Å². The van der Waals surface area contributed by atoms with E-state index in [1.807, 2.05) is 0 Å². The van der Waals surface area contributed by atoms with Crippen LogP contribution in [0.2, 0.25) is 0 Å². The van der Waals surface area contributed by atoms with Crippen LogP contribution in [0.5, 0.6) is 5.75 Å². The summed E-state index contributed by atoms with van der Waals surface area (Å²) < 4.78 is 20.4. The average Bonchev–Trinajstić information content (AvgIpc) is 2.94. The Morgan fingerprint density at radius 3 is 2.82 bits per heavy atom. The minimum atomic E-state index is -0.474. The van der Waals surface area contributed by atoms with Crippen molar-refractivity contribution in [1.82, 2.24) is 14.6 Å². The Hall–Kier alpha value is -2.96. The fourth-order valence-electron chi connectivity index (χ4n) is 2.19. The lowest BCUT2D eigenvalue weighted by Gasteiger charge is -2.10. The number of benzene rings is 1. The second kappa shape index (κ2) is 5.44. The molecule has 2 aromatic heterocycles. The number of hydrogen-bond donors (Lipinski definition) is 1. The Morgan fingerprint density at radius 2 is 2.14 bits per heavy atom. The number of anilines is 1. The molecule has 2 heterocycles. The lowest BCUT2D eigenvalue weighted by Crippen LogP contribution is -2.09. The molecule has 22 heavy (non-hydrogen) atoms. The van der Waals surface area contributed by atoms with Gasteiger partial charge in [0.05, 0.1) is 19.0 Å². The Kier molecular flexibility index (Phi) is 3.46. The molecule has 1 amide bonds. The van der Waals surface area contributed by atoms with Crippen LogP contribution in [0.1, 0.15) is 6.92 Å². The highest BCUT2D eigenvalue weighted by molar-refractivity contribution is 5.88. The van der Waals surface area contributed by atoms with Gasteiger partial charge in [0, 0.05) is 24.6 Å². The van der Waals surface area contributed by atoms with Gasteiger partial charge < -0.3 is 10.1 Å². The summed E-state index contributed by atoms with van der Waals surface area (Å²) in [5.74, 6) is -0.162. The zero-order chi connectivity index (χ0) is 15.7. The third-order valence-corrected chi connectivity index (χ3v) is 3.11. The van der Waals surface area contributed by atoms with Crippen LogP contribution in [0.4, 0.5) is 10.2 Å². The summed E-state index contributed by atoms with van der Waals surface area (Å²) in [6.45, 7) is 1.40. The van der Waals surface area contributed by atoms with Gasteiger partial charge in [-0.1, -0.05) is 0 Å². The molecule has 0 spiro atoms. The molecule has 0 aliphatic rings. The first-order chi connectivity index (χ1) is 10.6. The molecule has 0 bridgehead atoms. The molecule has 0 fully saturated rings. The molecular weight excluding hydrogens is 287 g/mol. The van der Waals surface area contributed by atoms with Crippen molar-refractivity contribution in [3.05, 3.63) is 42.3 Å². The van der Waals surface area contributed by atoms with Gasteiger partial charge in [-0.25, -0.2) is 13.9 Å². The quantitative estimate of drug-likeness (QED) is 0.807. The van der Waals surface area contributed by atoms with Crippen LogP contribution >= 0.6 is 0 Å². The van der Waals surface area contributed by atoms with Gasteiger partial charge in [0.25, 0.3) is 0 Å². The molecule has 6 nitrogen and oxygen atoms in total. The smallest absolute Gasteiger partial charge is 0.222 e. The number of carbonyl (C=O) groups is 1. The van der Waals surface area contributed by atoms with Crippen LogP contribution in [0.3, 0.4) is 0 Å². The van der Waals surface area contributed by atoms with Gasteiger partial charge in [-0.05, 0) is 18.2 Å². The highest BCUT2D eigenvalue weighted by atomic mass is 19.1. The minimum Gasteiger partial charge on any atom is -0.494 e. The summed E-state index contributed by atoms with van der Waals surface area (Å²) in [6.07, 6.45) is 1.59. The molecule has 3 aromatic rings. The lowest BCUT2D eigenvalue weighted by atomic mass is 10.1. The summed E-state index contributed by atoms with van der Waals surface area (Å²) >= 11 is 0. The Labute approximate surface area is 125 Å². The van der Waals surface area contributed by atoms with Gasteiger partial charge in [0.15, 0.2) is 17.2 Å². The van der Waals surface area contributed by atoms with Crippen molar-refractivity contribution in [3.8, 4) is 17.0 Å². The van der Waals surface area contributed by atoms with Crippen LogP contribution in [-0.4, -0.2) is 27.6 Å². The second-order valence-electron chi connectivity index (χ2n) is 4.66. The van der Waals surface area contributed by atoms with Crippen molar-refractivity contribution >= 4 is 17.4 Å². The van der Waals surface area contributed by atoms with E-state index in [0.29, 0.717) is 22.7 Å². The normalized spacial score (nSPS) is 10.7. The predicted molar refractivity (Wildman–Crippen MR) is 79.2 cm³/mol. The monoisotopic (exact) mass is 300 g/mol. The Morgan fingerprint density at radius 1 is 1.32 bits per heavy atom. The number of halogens is 1. The van der Waals surface area contributed by atoms with E-state index < -0.39 is 5.82 Å². The molecule has 0 aliphatic carbocycles. The van der Waals surface area contributed by atoms with E-state index in [1.165, 1.54) is 20.1 Å². The van der Waals surface area contributed by atoms with Gasteiger partial charge in [0.1, 0.15) is 5.82 Å². The highest BCUT2D eigenvalue weighted by Crippen LogP contribution is 2.27. The number of methoxy groups -OCH3 is 1. The fraction of sp³-hybridized carbons (Fsp3) is 0.133. The number of nitrogens with zero attached hydrogens (tertiary/aromatic N) is 3. The molecule has 0 unspecified atom stereocenters. The van der Waals surface area contributed by atoms with E-state index >= 15 is 0 Å². The predicted octanol–water partition coefficient (Wildman–Crippen LogP) is 2.50. The molecule has 1 N–H and O–H groups in total. The van der Waals surface area contributed by atoms with Crippen molar-refractivity contribution in [2.24, 2.45) is 0 Å². The van der Waals surface area contributed by atoms with E-state index in [1.54, 1.807) is 35.0 Å². The van der Waals surface area contributed by atoms with Crippen molar-refractivity contribution in [2.75, 3.05) is 12.4 Å². The van der Waals surface area contributed by atoms with E-state index in [-0.39, 0.29) is 11.7 Å². The maximum Gasteiger partial charge on any atom is 0.222 e. The Bertz CT molecular complexity index is 860. The molecule has 0 atom stereocenters. The number of ether oxygens (including phenoxy) is 1. The number of carbonyl (C=O) groups excluding carboxylic acids is 1. The molecule has 0 radical (unpaired) electrons. The third kappa shape index (κ3) is 2.48. The SMILES string of the molecule is COc1ccc(-c2cc(NC(C)=O)nc3ccnn23)cc1F. The largest absolute Gasteiger partial charge is 0.494 e. The third-order valence-electron chi connectivity index (χ3n) is 3.11. The number of rotatable bonds is 3. The first kappa shape index (κ1) is 14.0. The van der Waals surface area contributed by atoms with E-state index in [4.69, 9.17) is 4.74 Å². The first-order valence-corrected chi connectivity index (χ1v) is 6.55. The molecule has 3 rings (SSSR count). The van der Waals surface area contributed by atoms with Gasteiger partial charge in [-0.15, -0.1) is 0 Å². The standard InChI is InChI=1S/C15H13FN4O2/c1-9(21)18-14-8-12(20-15(19-14)5-6-17-20)10-3-4-13(22-2)11(16)7-10/h3-8H,1-2H3,(H,18,19,21).